The number of hydrogen-bond acceptors (Lipinski definition) is 5. The molecular formula is C38H58BrNO4S. The summed E-state index contributed by atoms with van der Waals surface area (Å²) in [5.74, 6) is 2.97. The van der Waals surface area contributed by atoms with Gasteiger partial charge < -0.3 is 10.1 Å². The Morgan fingerprint density at radius 1 is 1.04 bits per heavy atom. The van der Waals surface area contributed by atoms with Crippen LogP contribution >= 0.6 is 27.3 Å². The normalized spacial score (nSPS) is 35.6. The number of rotatable bonds is 13. The predicted octanol–water partition coefficient (Wildman–Crippen LogP) is 10.2. The lowest BCUT2D eigenvalue weighted by Gasteiger charge is -2.62. The van der Waals surface area contributed by atoms with Crippen LogP contribution in [0.15, 0.2) is 15.9 Å². The number of nitrogens with one attached hydrogen (secondary N) is 1. The molecule has 0 saturated heterocycles. The highest BCUT2D eigenvalue weighted by Gasteiger charge is 2.64. The first-order chi connectivity index (χ1) is 21.5. The summed E-state index contributed by atoms with van der Waals surface area (Å²) < 4.78 is 7.59. The highest BCUT2D eigenvalue weighted by atomic mass is 79.9. The minimum Gasteiger partial charge on any atom is -0.462 e. The van der Waals surface area contributed by atoms with Crippen molar-refractivity contribution in [2.24, 2.45) is 46.3 Å². The maximum atomic E-state index is 13.4. The molecule has 0 bridgehead atoms. The van der Waals surface area contributed by atoms with Gasteiger partial charge in [-0.3, -0.25) is 14.4 Å². The minimum atomic E-state index is -0.0838. The van der Waals surface area contributed by atoms with Crippen molar-refractivity contribution in [3.63, 3.8) is 0 Å². The van der Waals surface area contributed by atoms with Gasteiger partial charge in [0, 0.05) is 36.5 Å². The van der Waals surface area contributed by atoms with Crippen LogP contribution in [0.4, 0.5) is 0 Å². The largest absolute Gasteiger partial charge is 0.462 e. The number of hydrogen-bond donors (Lipinski definition) is 1. The van der Waals surface area contributed by atoms with Crippen molar-refractivity contribution >= 4 is 44.9 Å². The first-order valence-electron chi connectivity index (χ1n) is 18.3. The molecule has 5 nitrogen and oxygen atoms in total. The van der Waals surface area contributed by atoms with Crippen LogP contribution in [0, 0.1) is 46.3 Å². The molecule has 4 aliphatic carbocycles. The van der Waals surface area contributed by atoms with E-state index in [-0.39, 0.29) is 34.9 Å². The van der Waals surface area contributed by atoms with Gasteiger partial charge in [-0.25, -0.2) is 0 Å². The third-order valence-electron chi connectivity index (χ3n) is 13.2. The van der Waals surface area contributed by atoms with Crippen molar-refractivity contribution in [1.29, 1.82) is 0 Å². The van der Waals surface area contributed by atoms with E-state index in [0.717, 1.165) is 55.2 Å². The van der Waals surface area contributed by atoms with Crippen LogP contribution in [0.2, 0.25) is 0 Å². The molecule has 0 spiro atoms. The summed E-state index contributed by atoms with van der Waals surface area (Å²) in [6, 6.07) is 4.23. The highest BCUT2D eigenvalue weighted by Crippen LogP contribution is 2.68. The second kappa shape index (κ2) is 14.9. The molecule has 4 fully saturated rings. The minimum absolute atomic E-state index is 0.0314. The number of fused-ring (bicyclic) bond motifs is 5. The summed E-state index contributed by atoms with van der Waals surface area (Å²) in [6.45, 7) is 11.6. The van der Waals surface area contributed by atoms with E-state index in [1.54, 1.807) is 11.3 Å². The maximum Gasteiger partial charge on any atom is 0.306 e. The fourth-order valence-electron chi connectivity index (χ4n) is 10.8. The van der Waals surface area contributed by atoms with Gasteiger partial charge in [-0.05, 0) is 120 Å². The molecule has 4 aliphatic rings. The molecule has 1 aromatic heterocycles. The highest BCUT2D eigenvalue weighted by molar-refractivity contribution is 9.11. The lowest BCUT2D eigenvalue weighted by atomic mass is 9.43. The number of carbonyl (C=O) groups excluding carboxylic acids is 3. The summed E-state index contributed by atoms with van der Waals surface area (Å²) in [5, 5.41) is 3.34. The van der Waals surface area contributed by atoms with Gasteiger partial charge in [-0.2, -0.15) is 0 Å². The second-order valence-corrected chi connectivity index (χ2v) is 18.2. The zero-order chi connectivity index (χ0) is 32.4. The van der Waals surface area contributed by atoms with Crippen LogP contribution in [0.25, 0.3) is 0 Å². The number of ether oxygens (including phenoxy) is 1. The fraction of sp³-hybridized carbons (Fsp3) is 0.816. The molecule has 252 valence electrons. The van der Waals surface area contributed by atoms with Gasteiger partial charge >= 0.3 is 5.97 Å². The van der Waals surface area contributed by atoms with E-state index in [0.29, 0.717) is 67.0 Å². The van der Waals surface area contributed by atoms with E-state index in [1.165, 1.54) is 30.6 Å². The first-order valence-corrected chi connectivity index (χ1v) is 19.9. The molecular weight excluding hydrogens is 646 g/mol. The average Bonchev–Trinajstić information content (AvgIpc) is 3.59. The number of Topliss-reactive ketones (excluding diaryl/α,β-unsaturated/α-hetero) is 1. The summed E-state index contributed by atoms with van der Waals surface area (Å²) in [4.78, 5) is 40.5. The molecule has 1 N–H and O–H groups in total. The van der Waals surface area contributed by atoms with Crippen molar-refractivity contribution in [3.05, 3.63) is 20.8 Å². The third kappa shape index (κ3) is 7.44. The van der Waals surface area contributed by atoms with Crippen molar-refractivity contribution in [3.8, 4) is 0 Å². The smallest absolute Gasteiger partial charge is 0.306 e. The predicted molar refractivity (Wildman–Crippen MR) is 186 cm³/mol. The Hall–Kier alpha value is -1.21. The van der Waals surface area contributed by atoms with Crippen LogP contribution in [0.5, 0.6) is 0 Å². The molecule has 0 aromatic carbocycles. The van der Waals surface area contributed by atoms with E-state index >= 15 is 0 Å². The Bertz CT molecular complexity index is 1200. The summed E-state index contributed by atoms with van der Waals surface area (Å²) in [6.07, 6.45) is 15.3. The summed E-state index contributed by atoms with van der Waals surface area (Å²) >= 11 is 5.27. The molecule has 7 heteroatoms. The molecule has 0 radical (unpaired) electrons. The molecule has 0 aliphatic heterocycles. The Morgan fingerprint density at radius 3 is 2.51 bits per heavy atom. The summed E-state index contributed by atoms with van der Waals surface area (Å²) in [5.41, 5.74) is 0.292. The van der Waals surface area contributed by atoms with E-state index in [1.807, 2.05) is 0 Å². The lowest BCUT2D eigenvalue weighted by molar-refractivity contribution is -0.191. The molecule has 1 aromatic rings. The van der Waals surface area contributed by atoms with E-state index < -0.39 is 0 Å². The molecule has 10 atom stereocenters. The standard InChI is InChI=1S/C38H58BrNO4S/c1-6-8-9-10-11-12-35(43)44-31-23-25-22-26(41)17-19-37(25,4)29-18-20-38(5)27(13-14-28(38)36(29)31)24(3)21-34(42)40-30(7-2)32-15-16-33(39)45-32/h15-16,24-25,27-31,36H,6-14,17-23H2,1-5H3,(H,40,42)/t24-,25+,27?,28+,29+,30-,31-,36+,37+,38-/m1/s1. The van der Waals surface area contributed by atoms with E-state index in [9.17, 15) is 14.4 Å². The van der Waals surface area contributed by atoms with Crippen LogP contribution in [0.1, 0.15) is 148 Å². The van der Waals surface area contributed by atoms with Crippen molar-refractivity contribution in [1.82, 2.24) is 5.32 Å². The number of thiophene rings is 1. The molecule has 5 rings (SSSR count). The van der Waals surface area contributed by atoms with Gasteiger partial charge in [0.1, 0.15) is 11.9 Å². The van der Waals surface area contributed by atoms with Crippen LogP contribution in [-0.2, 0) is 19.1 Å². The Morgan fingerprint density at radius 2 is 1.80 bits per heavy atom. The molecule has 45 heavy (non-hydrogen) atoms. The number of halogens is 1. The zero-order valence-corrected chi connectivity index (χ0v) is 30.9. The Balaban J connectivity index is 1.29. The number of amides is 1. The fourth-order valence-corrected chi connectivity index (χ4v) is 12.3. The van der Waals surface area contributed by atoms with Crippen LogP contribution < -0.4 is 5.32 Å². The number of ketones is 1. The Kier molecular flexibility index (Phi) is 11.6. The molecule has 1 heterocycles. The van der Waals surface area contributed by atoms with Crippen molar-refractivity contribution in [2.75, 3.05) is 0 Å². The Labute approximate surface area is 284 Å². The van der Waals surface area contributed by atoms with Gasteiger partial charge in [0.15, 0.2) is 0 Å². The average molecular weight is 705 g/mol. The van der Waals surface area contributed by atoms with Crippen LogP contribution in [0.3, 0.4) is 0 Å². The molecule has 1 amide bonds. The number of carbonyl (C=O) groups is 3. The monoisotopic (exact) mass is 703 g/mol. The SMILES string of the molecule is CCCCCCCC(=O)O[C@@H]1C[C@@H]2CC(=O)CC[C@]2(C)[C@H]2CC[C@]3(C)C([C@H](C)CC(=O)N[C@H](CC)c4ccc(Br)s4)CC[C@H]3[C@H]12. The summed E-state index contributed by atoms with van der Waals surface area (Å²) in [7, 11) is 0. The molecule has 4 saturated carbocycles. The van der Waals surface area contributed by atoms with Gasteiger partial charge in [0.25, 0.3) is 0 Å². The topological polar surface area (TPSA) is 72.5 Å². The third-order valence-corrected chi connectivity index (χ3v) is 14.9. The van der Waals surface area contributed by atoms with Gasteiger partial charge in [-0.1, -0.05) is 60.3 Å². The van der Waals surface area contributed by atoms with Gasteiger partial charge in [0.05, 0.1) is 9.83 Å². The second-order valence-electron chi connectivity index (χ2n) is 15.7. The zero-order valence-electron chi connectivity index (χ0n) is 28.5. The van der Waals surface area contributed by atoms with Crippen molar-refractivity contribution in [2.45, 2.75) is 149 Å². The quantitative estimate of drug-likeness (QED) is 0.164. The first kappa shape index (κ1) is 35.1. The maximum absolute atomic E-state index is 13.4. The van der Waals surface area contributed by atoms with Crippen molar-refractivity contribution < 1.29 is 19.1 Å². The van der Waals surface area contributed by atoms with Gasteiger partial charge in [0.2, 0.25) is 5.91 Å². The van der Waals surface area contributed by atoms with E-state index in [4.69, 9.17) is 4.74 Å². The van der Waals surface area contributed by atoms with E-state index in [2.05, 4.69) is 68.0 Å². The number of esters is 1. The van der Waals surface area contributed by atoms with Gasteiger partial charge in [-0.15, -0.1) is 11.3 Å². The number of unbranched alkanes of at least 4 members (excludes halogenated alkanes) is 4. The lowest BCUT2D eigenvalue weighted by Crippen LogP contribution is -2.59. The van der Waals surface area contributed by atoms with Crippen LogP contribution in [-0.4, -0.2) is 23.8 Å². The molecule has 1 unspecified atom stereocenters.